The van der Waals surface area contributed by atoms with Crippen molar-refractivity contribution in [3.8, 4) is 0 Å². The summed E-state index contributed by atoms with van der Waals surface area (Å²) < 4.78 is 0. The van der Waals surface area contributed by atoms with E-state index in [1.54, 1.807) is 11.8 Å². The molecule has 0 radical (unpaired) electrons. The zero-order valence-corrected chi connectivity index (χ0v) is 8.33. The van der Waals surface area contributed by atoms with Crippen molar-refractivity contribution >= 4 is 17.5 Å². The van der Waals surface area contributed by atoms with Crippen LogP contribution < -0.4 is 5.32 Å². The first kappa shape index (κ1) is 11.0. The molecule has 0 unspecified atom stereocenters. The van der Waals surface area contributed by atoms with E-state index in [2.05, 4.69) is 5.32 Å². The molecule has 0 aliphatic carbocycles. The lowest BCUT2D eigenvalue weighted by Crippen LogP contribution is -2.19. The molecule has 0 aromatic heterocycles. The minimum atomic E-state index is 0.186. The highest BCUT2D eigenvalue weighted by Gasteiger charge is 2.04. The van der Waals surface area contributed by atoms with E-state index < -0.39 is 0 Å². The Labute approximate surface area is 73.1 Å². The van der Waals surface area contributed by atoms with E-state index >= 15 is 0 Å². The van der Waals surface area contributed by atoms with Gasteiger partial charge in [-0.15, -0.1) is 11.8 Å². The van der Waals surface area contributed by atoms with Gasteiger partial charge in [0.1, 0.15) is 5.78 Å². The summed E-state index contributed by atoms with van der Waals surface area (Å²) in [6.07, 6.45) is 2.70. The molecule has 3 heteroatoms. The second kappa shape index (κ2) is 6.68. The normalized spacial score (nSPS) is 10.5. The fourth-order valence-corrected chi connectivity index (χ4v) is 1.02. The zero-order valence-electron chi connectivity index (χ0n) is 7.52. The lowest BCUT2D eigenvalue weighted by molar-refractivity contribution is -0.121. The lowest BCUT2D eigenvalue weighted by atomic mass is 10.1. The molecule has 0 atom stereocenters. The zero-order chi connectivity index (χ0) is 8.69. The van der Waals surface area contributed by atoms with Gasteiger partial charge in [-0.2, -0.15) is 0 Å². The summed E-state index contributed by atoms with van der Waals surface area (Å²) in [5, 5.41) is 3.16. The molecule has 0 saturated heterocycles. The summed E-state index contributed by atoms with van der Waals surface area (Å²) >= 11 is 1.74. The number of hydrogen-bond donors (Lipinski definition) is 1. The molecule has 0 fully saturated rings. The Balaban J connectivity index is 3.18. The molecular weight excluding hydrogens is 158 g/mol. The number of Topliss-reactive ketones (excluding diaryl/α,β-unsaturated/α-hetero) is 1. The third-order valence-electron chi connectivity index (χ3n) is 1.44. The maximum absolute atomic E-state index is 11.1. The first-order valence-corrected chi connectivity index (χ1v) is 5.30. The van der Waals surface area contributed by atoms with Gasteiger partial charge in [0.05, 0.1) is 0 Å². The number of carbonyl (C=O) groups excluding carboxylic acids is 1. The van der Waals surface area contributed by atoms with Crippen molar-refractivity contribution in [3.63, 3.8) is 0 Å². The Morgan fingerprint density at radius 3 is 2.64 bits per heavy atom. The fraction of sp³-hybridized carbons (Fsp3) is 0.875. The highest BCUT2D eigenvalue weighted by atomic mass is 32.2. The van der Waals surface area contributed by atoms with Gasteiger partial charge < -0.3 is 5.32 Å². The Morgan fingerprint density at radius 1 is 1.55 bits per heavy atom. The maximum Gasteiger partial charge on any atom is 0.136 e. The molecule has 0 heterocycles. The summed E-state index contributed by atoms with van der Waals surface area (Å²) in [6, 6.07) is 0. The van der Waals surface area contributed by atoms with E-state index in [9.17, 15) is 4.79 Å². The smallest absolute Gasteiger partial charge is 0.136 e. The van der Waals surface area contributed by atoms with E-state index in [1.165, 1.54) is 0 Å². The molecule has 0 aromatic rings. The summed E-state index contributed by atoms with van der Waals surface area (Å²) in [7, 11) is 0. The van der Waals surface area contributed by atoms with Crippen LogP contribution >= 0.6 is 11.8 Å². The lowest BCUT2D eigenvalue weighted by Gasteiger charge is -2.04. The number of thioether (sulfide) groups is 1. The standard InChI is InChI=1S/C8H17NOS/c1-7(2)8(10)4-5-9-6-11-3/h7,9H,4-6H2,1-3H3. The van der Waals surface area contributed by atoms with Crippen molar-refractivity contribution < 1.29 is 4.79 Å². The predicted molar refractivity (Wildman–Crippen MR) is 50.8 cm³/mol. The molecule has 11 heavy (non-hydrogen) atoms. The number of carbonyl (C=O) groups is 1. The van der Waals surface area contributed by atoms with Crippen LogP contribution in [-0.2, 0) is 4.79 Å². The highest BCUT2D eigenvalue weighted by molar-refractivity contribution is 7.98. The Kier molecular flexibility index (Phi) is 6.66. The molecule has 0 amide bonds. The number of ketones is 1. The molecule has 2 nitrogen and oxygen atoms in total. The minimum absolute atomic E-state index is 0.186. The van der Waals surface area contributed by atoms with Crippen LogP contribution in [-0.4, -0.2) is 24.5 Å². The van der Waals surface area contributed by atoms with Gasteiger partial charge in [-0.05, 0) is 6.26 Å². The van der Waals surface area contributed by atoms with Gasteiger partial charge in [0, 0.05) is 24.8 Å². The fourth-order valence-electron chi connectivity index (χ4n) is 0.674. The van der Waals surface area contributed by atoms with E-state index in [0.717, 1.165) is 12.4 Å². The molecule has 0 saturated carbocycles. The third kappa shape index (κ3) is 6.38. The van der Waals surface area contributed by atoms with Gasteiger partial charge in [-0.1, -0.05) is 13.8 Å². The summed E-state index contributed by atoms with van der Waals surface area (Å²) in [6.45, 7) is 4.70. The summed E-state index contributed by atoms with van der Waals surface area (Å²) in [5.41, 5.74) is 0. The monoisotopic (exact) mass is 175 g/mol. The van der Waals surface area contributed by atoms with Crippen LogP contribution in [0, 0.1) is 5.92 Å². The first-order chi connectivity index (χ1) is 5.18. The second-order valence-electron chi connectivity index (χ2n) is 2.80. The van der Waals surface area contributed by atoms with Crippen molar-refractivity contribution in [1.82, 2.24) is 5.32 Å². The van der Waals surface area contributed by atoms with Crippen molar-refractivity contribution in [2.24, 2.45) is 5.92 Å². The van der Waals surface area contributed by atoms with Crippen LogP contribution in [0.1, 0.15) is 20.3 Å². The Hall–Kier alpha value is -0.0200. The van der Waals surface area contributed by atoms with E-state index in [1.807, 2.05) is 20.1 Å². The van der Waals surface area contributed by atoms with Gasteiger partial charge in [-0.25, -0.2) is 0 Å². The first-order valence-electron chi connectivity index (χ1n) is 3.91. The van der Waals surface area contributed by atoms with Crippen molar-refractivity contribution in [3.05, 3.63) is 0 Å². The average Bonchev–Trinajstić information content (AvgIpc) is 1.97. The molecule has 0 aliphatic rings. The number of nitrogens with one attached hydrogen (secondary N) is 1. The van der Waals surface area contributed by atoms with Crippen molar-refractivity contribution in [1.29, 1.82) is 0 Å². The van der Waals surface area contributed by atoms with E-state index in [0.29, 0.717) is 12.2 Å². The molecule has 0 spiro atoms. The van der Waals surface area contributed by atoms with Gasteiger partial charge >= 0.3 is 0 Å². The van der Waals surface area contributed by atoms with Gasteiger partial charge in [0.2, 0.25) is 0 Å². The second-order valence-corrected chi connectivity index (χ2v) is 3.67. The Bertz CT molecular complexity index is 115. The largest absolute Gasteiger partial charge is 0.307 e. The van der Waals surface area contributed by atoms with Crippen LogP contribution in [0.2, 0.25) is 0 Å². The van der Waals surface area contributed by atoms with Crippen LogP contribution in [0.5, 0.6) is 0 Å². The van der Waals surface area contributed by atoms with E-state index in [-0.39, 0.29) is 5.92 Å². The van der Waals surface area contributed by atoms with E-state index in [4.69, 9.17) is 0 Å². The quantitative estimate of drug-likeness (QED) is 0.490. The average molecular weight is 175 g/mol. The predicted octanol–water partition coefficient (Wildman–Crippen LogP) is 1.51. The SMILES string of the molecule is CSCNCCC(=O)C(C)C. The van der Waals surface area contributed by atoms with Crippen molar-refractivity contribution in [2.45, 2.75) is 20.3 Å². The van der Waals surface area contributed by atoms with Crippen LogP contribution in [0.4, 0.5) is 0 Å². The van der Waals surface area contributed by atoms with Gasteiger partial charge in [0.25, 0.3) is 0 Å². The summed E-state index contributed by atoms with van der Waals surface area (Å²) in [5.74, 6) is 1.47. The molecule has 1 N–H and O–H groups in total. The Morgan fingerprint density at radius 2 is 2.18 bits per heavy atom. The van der Waals surface area contributed by atoms with Gasteiger partial charge in [-0.3, -0.25) is 4.79 Å². The molecule has 66 valence electrons. The number of hydrogen-bond acceptors (Lipinski definition) is 3. The molecule has 0 rings (SSSR count). The number of rotatable bonds is 6. The maximum atomic E-state index is 11.1. The minimum Gasteiger partial charge on any atom is -0.307 e. The highest BCUT2D eigenvalue weighted by Crippen LogP contribution is 1.97. The molecule has 0 aliphatic heterocycles. The van der Waals surface area contributed by atoms with Crippen LogP contribution in [0.15, 0.2) is 0 Å². The van der Waals surface area contributed by atoms with Crippen LogP contribution in [0.25, 0.3) is 0 Å². The molecular formula is C8H17NOS. The van der Waals surface area contributed by atoms with Gasteiger partial charge in [0.15, 0.2) is 0 Å². The summed E-state index contributed by atoms with van der Waals surface area (Å²) in [4.78, 5) is 11.1. The molecule has 0 aromatic carbocycles. The third-order valence-corrected chi connectivity index (χ3v) is 1.93. The van der Waals surface area contributed by atoms with Crippen LogP contribution in [0.3, 0.4) is 0 Å². The topological polar surface area (TPSA) is 29.1 Å². The van der Waals surface area contributed by atoms with Crippen molar-refractivity contribution in [2.75, 3.05) is 18.7 Å². The molecule has 0 bridgehead atoms.